The van der Waals surface area contributed by atoms with E-state index in [9.17, 15) is 0 Å². The molecule has 5 aromatic heterocycles. The number of fused-ring (bicyclic) bond motifs is 28. The lowest BCUT2D eigenvalue weighted by Gasteiger charge is -2.34. The number of rotatable bonds is 2. The molecule has 0 aliphatic carbocycles. The molecule has 9 heteroatoms. The molecule has 7 nitrogen and oxygen atoms in total. The zero-order valence-electron chi connectivity index (χ0n) is 42.9. The lowest BCUT2D eigenvalue weighted by molar-refractivity contribution is 0.668. The molecule has 0 saturated heterocycles. The molecule has 0 N–H and O–H groups in total. The van der Waals surface area contributed by atoms with Gasteiger partial charge in [0, 0.05) is 82.8 Å². The third-order valence-electron chi connectivity index (χ3n) is 17.7. The Morgan fingerprint density at radius 2 is 0.800 bits per heavy atom. The molecule has 0 spiro atoms. The third-order valence-corrected chi connectivity index (χ3v) is 17.7. The highest BCUT2D eigenvalue weighted by Crippen LogP contribution is 2.52. The summed E-state index contributed by atoms with van der Waals surface area (Å²) in [6.07, 6.45) is 1.92. The van der Waals surface area contributed by atoms with Crippen LogP contribution < -0.4 is 20.5 Å². The largest absolute Gasteiger partial charge is 0.456 e. The minimum Gasteiger partial charge on any atom is -0.456 e. The Morgan fingerprint density at radius 3 is 1.55 bits per heavy atom. The van der Waals surface area contributed by atoms with Crippen molar-refractivity contribution in [1.82, 2.24) is 13.9 Å². The standard InChI is InChI=1S/C36H21BN2O.C35H20BN3O/c1-5-13-30-24(9-1)25-10-2-6-14-31(25)38-33-21-23(20-29-26-11-3-7-15-32(26)39(36(29)33)37(30)38)22-17-18-35-28(19-22)27-12-4-8-16-34(27)40-35;1-3-11-29-23(7-1)25-9-5-12-31-35(25)39(29)36-28-10-6-18-37-34(28)27-20-21(14-16-30(27)38(31)36)22-15-17-33-26(19-22)24-8-2-4-13-32(24)40-33/h1-21H;1-20H. The van der Waals surface area contributed by atoms with Gasteiger partial charge in [-0.2, -0.15) is 0 Å². The van der Waals surface area contributed by atoms with E-state index in [-0.39, 0.29) is 14.0 Å². The smallest absolute Gasteiger partial charge is 0.423 e. The zero-order chi connectivity index (χ0) is 51.9. The van der Waals surface area contributed by atoms with Crippen LogP contribution >= 0.6 is 0 Å². The minimum absolute atomic E-state index is 0.0236. The van der Waals surface area contributed by atoms with E-state index in [4.69, 9.17) is 13.8 Å². The highest BCUT2D eigenvalue weighted by molar-refractivity contribution is 6.83. The Labute approximate surface area is 458 Å². The molecule has 0 fully saturated rings. The molecule has 0 amide bonds. The molecule has 16 aromatic rings. The number of pyridine rings is 1. The number of furan rings is 2. The second kappa shape index (κ2) is 15.6. The number of nitrogens with zero attached hydrogens (tertiary/aromatic N) is 5. The Bertz CT molecular complexity index is 5400. The van der Waals surface area contributed by atoms with Crippen molar-refractivity contribution in [2.45, 2.75) is 0 Å². The number of hydrogen-bond acceptors (Lipinski definition) is 5. The van der Waals surface area contributed by atoms with Gasteiger partial charge in [-0.1, -0.05) is 152 Å². The second-order valence-electron chi connectivity index (χ2n) is 21.7. The van der Waals surface area contributed by atoms with Gasteiger partial charge in [0.05, 0.1) is 28.1 Å². The predicted octanol–water partition coefficient (Wildman–Crippen LogP) is 16.9. The Hall–Kier alpha value is -10.5. The van der Waals surface area contributed by atoms with E-state index in [2.05, 4.69) is 237 Å². The quantitative estimate of drug-likeness (QED) is 0.162. The predicted molar refractivity (Wildman–Crippen MR) is 332 cm³/mol. The fourth-order valence-electron chi connectivity index (χ4n) is 14.4. The summed E-state index contributed by atoms with van der Waals surface area (Å²) in [7, 11) is 0. The Morgan fingerprint density at radius 1 is 0.300 bits per heavy atom. The van der Waals surface area contributed by atoms with Crippen LogP contribution in [0.2, 0.25) is 0 Å². The fraction of sp³-hybridized carbons (Fsp3) is 0. The normalized spacial score (nSPS) is 13.4. The van der Waals surface area contributed by atoms with Gasteiger partial charge < -0.3 is 27.4 Å². The van der Waals surface area contributed by atoms with Crippen molar-refractivity contribution in [1.29, 1.82) is 0 Å². The molecule has 20 rings (SSSR count). The van der Waals surface area contributed by atoms with Crippen LogP contribution in [-0.4, -0.2) is 27.9 Å². The van der Waals surface area contributed by atoms with E-state index in [0.717, 1.165) is 55.1 Å². The SMILES string of the molecule is c1ccc2c(c1)B1N(c3ccccc3-2)c2cc(-c3ccc4oc5ccccc5c4c3)cc3c4ccccc4n1c23.c1cnc2c(c1)B1N(c3ccc(-c4ccc5oc6ccccc6c5c4)cc3-2)c2cccc3c4ccccc4n1c23. The molecule has 0 unspecified atom stereocenters. The Balaban J connectivity index is 0.000000120. The van der Waals surface area contributed by atoms with Crippen molar-refractivity contribution >= 4 is 135 Å². The van der Waals surface area contributed by atoms with Crippen LogP contribution in [0.3, 0.4) is 0 Å². The van der Waals surface area contributed by atoms with Crippen molar-refractivity contribution < 1.29 is 8.83 Å². The first-order valence-electron chi connectivity index (χ1n) is 27.5. The molecule has 4 aliphatic heterocycles. The topological polar surface area (TPSA) is 55.5 Å². The molecular formula is C71H41B2N5O2. The van der Waals surface area contributed by atoms with Crippen LogP contribution in [0.25, 0.3) is 132 Å². The number of hydrogen-bond donors (Lipinski definition) is 0. The molecular weight excluding hydrogens is 976 g/mol. The maximum Gasteiger partial charge on any atom is 0.423 e. The first-order valence-corrected chi connectivity index (χ1v) is 27.5. The van der Waals surface area contributed by atoms with Crippen LogP contribution in [0.15, 0.2) is 258 Å². The highest BCUT2D eigenvalue weighted by Gasteiger charge is 2.47. The Kier molecular flexibility index (Phi) is 8.30. The minimum atomic E-state index is 0.0236. The summed E-state index contributed by atoms with van der Waals surface area (Å²) < 4.78 is 17.3. The van der Waals surface area contributed by atoms with Crippen molar-refractivity contribution in [3.05, 3.63) is 249 Å². The fourth-order valence-corrected chi connectivity index (χ4v) is 14.4. The molecule has 368 valence electrons. The van der Waals surface area contributed by atoms with Gasteiger partial charge in [-0.25, -0.2) is 0 Å². The number of anilines is 4. The maximum absolute atomic E-state index is 6.14. The van der Waals surface area contributed by atoms with Gasteiger partial charge >= 0.3 is 14.0 Å². The number of aromatic nitrogens is 3. The average Bonchev–Trinajstić information content (AvgIpc) is 4.17. The number of benzene rings is 11. The van der Waals surface area contributed by atoms with E-state index in [1.54, 1.807) is 0 Å². The third kappa shape index (κ3) is 5.57. The monoisotopic (exact) mass is 1020 g/mol. The van der Waals surface area contributed by atoms with Gasteiger partial charge in [-0.05, 0) is 130 Å². The van der Waals surface area contributed by atoms with Crippen LogP contribution in [0, 0.1) is 0 Å². The van der Waals surface area contributed by atoms with Crippen molar-refractivity contribution in [2.75, 3.05) is 9.62 Å². The summed E-state index contributed by atoms with van der Waals surface area (Å²) in [5, 5.41) is 9.79. The van der Waals surface area contributed by atoms with Crippen LogP contribution in [0.4, 0.5) is 22.7 Å². The first kappa shape index (κ1) is 42.6. The van der Waals surface area contributed by atoms with Gasteiger partial charge in [0.1, 0.15) is 22.3 Å². The molecule has 80 heavy (non-hydrogen) atoms. The van der Waals surface area contributed by atoms with E-state index in [1.165, 1.54) is 111 Å². The molecule has 0 bridgehead atoms. The van der Waals surface area contributed by atoms with Gasteiger partial charge in [0.2, 0.25) is 0 Å². The average molecular weight is 1020 g/mol. The van der Waals surface area contributed by atoms with Crippen LogP contribution in [-0.2, 0) is 0 Å². The molecule has 9 heterocycles. The van der Waals surface area contributed by atoms with Gasteiger partial charge in [0.25, 0.3) is 0 Å². The lowest BCUT2D eigenvalue weighted by Crippen LogP contribution is -2.51. The van der Waals surface area contributed by atoms with Crippen LogP contribution in [0.1, 0.15) is 0 Å². The molecule has 0 saturated carbocycles. The van der Waals surface area contributed by atoms with E-state index in [1.807, 2.05) is 30.5 Å². The molecule has 0 radical (unpaired) electrons. The second-order valence-corrected chi connectivity index (χ2v) is 21.7. The van der Waals surface area contributed by atoms with E-state index >= 15 is 0 Å². The van der Waals surface area contributed by atoms with Crippen molar-refractivity contribution in [2.24, 2.45) is 0 Å². The van der Waals surface area contributed by atoms with Crippen LogP contribution in [0.5, 0.6) is 0 Å². The van der Waals surface area contributed by atoms with Gasteiger partial charge in [-0.3, -0.25) is 4.98 Å². The van der Waals surface area contributed by atoms with Crippen molar-refractivity contribution in [3.63, 3.8) is 0 Å². The maximum atomic E-state index is 6.14. The first-order chi connectivity index (χ1) is 39.7. The summed E-state index contributed by atoms with van der Waals surface area (Å²) >= 11 is 0. The van der Waals surface area contributed by atoms with Crippen molar-refractivity contribution in [3.8, 4) is 44.6 Å². The molecule has 11 aromatic carbocycles. The summed E-state index contributed by atoms with van der Waals surface area (Å²) in [5.41, 5.74) is 25.9. The van der Waals surface area contributed by atoms with E-state index in [0.29, 0.717) is 0 Å². The molecule has 4 aliphatic rings. The molecule has 0 atom stereocenters. The van der Waals surface area contributed by atoms with E-state index < -0.39 is 0 Å². The highest BCUT2D eigenvalue weighted by atomic mass is 16.3. The summed E-state index contributed by atoms with van der Waals surface area (Å²) in [6.45, 7) is 0.0922. The number of para-hydroxylation sites is 6. The summed E-state index contributed by atoms with van der Waals surface area (Å²) in [5.74, 6) is 0. The lowest BCUT2D eigenvalue weighted by atomic mass is 9.60. The summed E-state index contributed by atoms with van der Waals surface area (Å²) in [6, 6.07) is 87.6. The van der Waals surface area contributed by atoms with Gasteiger partial charge in [0.15, 0.2) is 0 Å². The zero-order valence-corrected chi connectivity index (χ0v) is 42.9. The summed E-state index contributed by atoms with van der Waals surface area (Å²) in [4.78, 5) is 10.0. The van der Waals surface area contributed by atoms with Gasteiger partial charge in [-0.15, -0.1) is 0 Å².